The Labute approximate surface area is 148 Å². The highest BCUT2D eigenvalue weighted by Gasteiger charge is 2.30. The fourth-order valence-electron chi connectivity index (χ4n) is 3.36. The number of aromatic nitrogens is 2. The molecule has 2 amide bonds. The normalized spacial score (nSPS) is 18.8. The third-order valence-corrected chi connectivity index (χ3v) is 4.70. The van der Waals surface area contributed by atoms with Crippen molar-refractivity contribution >= 4 is 6.03 Å². The predicted octanol–water partition coefficient (Wildman–Crippen LogP) is 2.57. The second-order valence-electron chi connectivity index (χ2n) is 6.79. The minimum atomic E-state index is -0.143. The molecule has 1 heterocycles. The van der Waals surface area contributed by atoms with Gasteiger partial charge in [-0.3, -0.25) is 4.68 Å². The van der Waals surface area contributed by atoms with E-state index in [1.807, 2.05) is 10.9 Å². The van der Waals surface area contributed by atoms with Crippen LogP contribution in [0.5, 0.6) is 0 Å². The molecule has 0 bridgehead atoms. The van der Waals surface area contributed by atoms with E-state index in [0.29, 0.717) is 25.6 Å². The molecule has 1 aromatic carbocycles. The molecule has 0 fully saturated rings. The van der Waals surface area contributed by atoms with Crippen molar-refractivity contribution in [2.45, 2.75) is 39.4 Å². The van der Waals surface area contributed by atoms with Crippen molar-refractivity contribution in [3.05, 3.63) is 52.8 Å². The maximum absolute atomic E-state index is 12.3. The smallest absolute Gasteiger partial charge is 0.315 e. The van der Waals surface area contributed by atoms with Crippen molar-refractivity contribution in [3.63, 3.8) is 0 Å². The number of hydrogen-bond acceptors (Lipinski definition) is 3. The van der Waals surface area contributed by atoms with E-state index >= 15 is 0 Å². The second-order valence-corrected chi connectivity index (χ2v) is 6.79. The first-order valence-electron chi connectivity index (χ1n) is 8.71. The number of rotatable bonds is 6. The standard InChI is InChI=1S/C19H26N4O2/c1-13-4-5-16-9-14(2)18(17(16)8-13)22-19(24)20-10-15-11-21-23(12-15)6-7-25-3/h4-5,8,11-12,14,18H,6-7,9-10H2,1-3H3,(H2,20,22,24)/t14-,18-/m0/s1. The van der Waals surface area contributed by atoms with Crippen molar-refractivity contribution in [1.29, 1.82) is 0 Å². The Bertz CT molecular complexity index is 741. The fraction of sp³-hybridized carbons (Fsp3) is 0.474. The van der Waals surface area contributed by atoms with E-state index in [1.54, 1.807) is 13.3 Å². The first-order valence-corrected chi connectivity index (χ1v) is 8.71. The van der Waals surface area contributed by atoms with Crippen LogP contribution in [0.1, 0.15) is 35.2 Å². The summed E-state index contributed by atoms with van der Waals surface area (Å²) >= 11 is 0. The number of carbonyl (C=O) groups excluding carboxylic acids is 1. The average Bonchev–Trinajstić information content (AvgIpc) is 3.16. The van der Waals surface area contributed by atoms with Crippen molar-refractivity contribution in [1.82, 2.24) is 20.4 Å². The second kappa shape index (κ2) is 7.70. The zero-order valence-electron chi connectivity index (χ0n) is 15.1. The van der Waals surface area contributed by atoms with E-state index in [1.165, 1.54) is 16.7 Å². The quantitative estimate of drug-likeness (QED) is 0.848. The fourth-order valence-corrected chi connectivity index (χ4v) is 3.36. The summed E-state index contributed by atoms with van der Waals surface area (Å²) in [5, 5.41) is 10.3. The van der Waals surface area contributed by atoms with Gasteiger partial charge in [0.2, 0.25) is 0 Å². The number of aryl methyl sites for hydroxylation is 1. The molecule has 2 aromatic rings. The molecule has 6 heteroatoms. The summed E-state index contributed by atoms with van der Waals surface area (Å²) in [5.74, 6) is 0.402. The molecule has 2 N–H and O–H groups in total. The van der Waals surface area contributed by atoms with Crippen molar-refractivity contribution in [2.24, 2.45) is 5.92 Å². The summed E-state index contributed by atoms with van der Waals surface area (Å²) in [6.07, 6.45) is 4.70. The molecule has 3 rings (SSSR count). The highest BCUT2D eigenvalue weighted by molar-refractivity contribution is 5.74. The molecular formula is C19H26N4O2. The Morgan fingerprint density at radius 2 is 2.28 bits per heavy atom. The number of amides is 2. The molecule has 0 saturated carbocycles. The summed E-state index contributed by atoms with van der Waals surface area (Å²) in [5.41, 5.74) is 4.78. The number of nitrogens with zero attached hydrogens (tertiary/aromatic N) is 2. The van der Waals surface area contributed by atoms with Gasteiger partial charge in [-0.25, -0.2) is 4.79 Å². The summed E-state index contributed by atoms with van der Waals surface area (Å²) in [7, 11) is 1.67. The summed E-state index contributed by atoms with van der Waals surface area (Å²) < 4.78 is 6.85. The molecule has 6 nitrogen and oxygen atoms in total. The number of methoxy groups -OCH3 is 1. The van der Waals surface area contributed by atoms with Gasteiger partial charge in [0.05, 0.1) is 25.4 Å². The Hall–Kier alpha value is -2.34. The van der Waals surface area contributed by atoms with Crippen LogP contribution >= 0.6 is 0 Å². The maximum Gasteiger partial charge on any atom is 0.315 e. The van der Waals surface area contributed by atoms with Crippen LogP contribution in [0, 0.1) is 12.8 Å². The largest absolute Gasteiger partial charge is 0.383 e. The number of urea groups is 1. The number of ether oxygens (including phenoxy) is 1. The van der Waals surface area contributed by atoms with Crippen LogP contribution < -0.4 is 10.6 Å². The molecule has 0 unspecified atom stereocenters. The van der Waals surface area contributed by atoms with Crippen LogP contribution in [0.3, 0.4) is 0 Å². The van der Waals surface area contributed by atoms with Crippen molar-refractivity contribution < 1.29 is 9.53 Å². The number of carbonyl (C=O) groups is 1. The Kier molecular flexibility index (Phi) is 5.38. The van der Waals surface area contributed by atoms with Gasteiger partial charge in [0, 0.05) is 25.4 Å². The van der Waals surface area contributed by atoms with Crippen LogP contribution in [0.2, 0.25) is 0 Å². The van der Waals surface area contributed by atoms with Crippen LogP contribution in [-0.4, -0.2) is 29.5 Å². The lowest BCUT2D eigenvalue weighted by atomic mass is 10.0. The zero-order chi connectivity index (χ0) is 17.8. The minimum absolute atomic E-state index is 0.0688. The van der Waals surface area contributed by atoms with E-state index < -0.39 is 0 Å². The van der Waals surface area contributed by atoms with Gasteiger partial charge < -0.3 is 15.4 Å². The molecule has 1 aromatic heterocycles. The molecule has 134 valence electrons. The molecule has 0 spiro atoms. The van der Waals surface area contributed by atoms with Crippen molar-refractivity contribution in [3.8, 4) is 0 Å². The molecule has 0 radical (unpaired) electrons. The summed E-state index contributed by atoms with van der Waals surface area (Å²) in [4.78, 5) is 12.3. The molecular weight excluding hydrogens is 316 g/mol. The molecule has 0 saturated heterocycles. The van der Waals surface area contributed by atoms with Crippen LogP contribution in [-0.2, 0) is 24.2 Å². The van der Waals surface area contributed by atoms with Gasteiger partial charge in [-0.05, 0) is 30.4 Å². The lowest BCUT2D eigenvalue weighted by Gasteiger charge is -2.19. The van der Waals surface area contributed by atoms with Gasteiger partial charge in [0.15, 0.2) is 0 Å². The van der Waals surface area contributed by atoms with Crippen LogP contribution in [0.25, 0.3) is 0 Å². The van der Waals surface area contributed by atoms with Gasteiger partial charge in [0.1, 0.15) is 0 Å². The first-order chi connectivity index (χ1) is 12.1. The van der Waals surface area contributed by atoms with Gasteiger partial charge in [-0.1, -0.05) is 30.7 Å². The summed E-state index contributed by atoms with van der Waals surface area (Å²) in [6.45, 7) is 6.05. The van der Waals surface area contributed by atoms with Crippen LogP contribution in [0.4, 0.5) is 4.79 Å². The third-order valence-electron chi connectivity index (χ3n) is 4.70. The lowest BCUT2D eigenvalue weighted by Crippen LogP contribution is -2.38. The van der Waals surface area contributed by atoms with E-state index in [9.17, 15) is 4.79 Å². The average molecular weight is 342 g/mol. The number of benzene rings is 1. The zero-order valence-corrected chi connectivity index (χ0v) is 15.1. The molecule has 1 aliphatic carbocycles. The van der Waals surface area contributed by atoms with E-state index in [4.69, 9.17) is 4.74 Å². The van der Waals surface area contributed by atoms with Gasteiger partial charge >= 0.3 is 6.03 Å². The van der Waals surface area contributed by atoms with E-state index in [0.717, 1.165) is 12.0 Å². The van der Waals surface area contributed by atoms with E-state index in [2.05, 4.69) is 47.8 Å². The molecule has 0 aliphatic heterocycles. The third kappa shape index (κ3) is 4.20. The van der Waals surface area contributed by atoms with Crippen LogP contribution in [0.15, 0.2) is 30.6 Å². The highest BCUT2D eigenvalue weighted by Crippen LogP contribution is 2.36. The number of fused-ring (bicyclic) bond motifs is 1. The molecule has 2 atom stereocenters. The SMILES string of the molecule is COCCn1cc(CNC(=O)N[C@@H]2c3cc(C)ccc3C[C@@H]2C)cn1. The highest BCUT2D eigenvalue weighted by atomic mass is 16.5. The Morgan fingerprint density at radius 1 is 1.44 bits per heavy atom. The Morgan fingerprint density at radius 3 is 3.08 bits per heavy atom. The Balaban J connectivity index is 1.55. The van der Waals surface area contributed by atoms with Gasteiger partial charge in [-0.2, -0.15) is 5.10 Å². The molecule has 1 aliphatic rings. The van der Waals surface area contributed by atoms with E-state index in [-0.39, 0.29) is 12.1 Å². The minimum Gasteiger partial charge on any atom is -0.383 e. The van der Waals surface area contributed by atoms with Crippen molar-refractivity contribution in [2.75, 3.05) is 13.7 Å². The summed E-state index contributed by atoms with van der Waals surface area (Å²) in [6, 6.07) is 6.42. The maximum atomic E-state index is 12.3. The van der Waals surface area contributed by atoms with Gasteiger partial charge in [0.25, 0.3) is 0 Å². The molecule has 25 heavy (non-hydrogen) atoms. The topological polar surface area (TPSA) is 68.2 Å². The predicted molar refractivity (Wildman–Crippen MR) is 96.3 cm³/mol. The van der Waals surface area contributed by atoms with Gasteiger partial charge in [-0.15, -0.1) is 0 Å². The number of nitrogens with one attached hydrogen (secondary N) is 2. The first kappa shape index (κ1) is 17.5. The monoisotopic (exact) mass is 342 g/mol. The number of hydrogen-bond donors (Lipinski definition) is 2. The lowest BCUT2D eigenvalue weighted by molar-refractivity contribution is 0.183.